The molecule has 0 fully saturated rings. The van der Waals surface area contributed by atoms with Crippen molar-refractivity contribution in [1.82, 2.24) is 4.98 Å². The van der Waals surface area contributed by atoms with Crippen LogP contribution in [0, 0.1) is 0 Å². The summed E-state index contributed by atoms with van der Waals surface area (Å²) in [6, 6.07) is 10.4. The highest BCUT2D eigenvalue weighted by Crippen LogP contribution is 2.31. The first kappa shape index (κ1) is 14.0. The van der Waals surface area contributed by atoms with Crippen LogP contribution in [0.2, 0.25) is 10.0 Å². The van der Waals surface area contributed by atoms with E-state index in [1.807, 2.05) is 18.2 Å². The van der Waals surface area contributed by atoms with Gasteiger partial charge in [-0.1, -0.05) is 29.3 Å². The minimum absolute atomic E-state index is 0.174. The van der Waals surface area contributed by atoms with Crippen LogP contribution in [-0.2, 0) is 0 Å². The Labute approximate surface area is 131 Å². The van der Waals surface area contributed by atoms with E-state index in [9.17, 15) is 4.79 Å². The number of aromatic amines is 1. The zero-order valence-electron chi connectivity index (χ0n) is 11.1. The van der Waals surface area contributed by atoms with Gasteiger partial charge in [0, 0.05) is 22.3 Å². The Morgan fingerprint density at radius 3 is 2.67 bits per heavy atom. The smallest absolute Gasteiger partial charge is 0.196 e. The molecule has 21 heavy (non-hydrogen) atoms. The Kier molecular flexibility index (Phi) is 3.62. The number of aromatic nitrogens is 1. The lowest BCUT2D eigenvalue weighted by atomic mass is 10.0. The van der Waals surface area contributed by atoms with Gasteiger partial charge in [0.15, 0.2) is 5.78 Å². The lowest BCUT2D eigenvalue weighted by Crippen LogP contribution is -2.02. The minimum Gasteiger partial charge on any atom is -0.496 e. The second kappa shape index (κ2) is 5.43. The lowest BCUT2D eigenvalue weighted by Gasteiger charge is -2.06. The molecule has 5 heteroatoms. The van der Waals surface area contributed by atoms with Crippen LogP contribution in [0.3, 0.4) is 0 Å². The van der Waals surface area contributed by atoms with E-state index in [-0.39, 0.29) is 5.78 Å². The summed E-state index contributed by atoms with van der Waals surface area (Å²) in [6.07, 6.45) is 1.67. The molecule has 0 spiro atoms. The van der Waals surface area contributed by atoms with Crippen molar-refractivity contribution in [3.8, 4) is 5.75 Å². The number of carbonyl (C=O) groups excluding carboxylic acids is 1. The van der Waals surface area contributed by atoms with E-state index in [1.165, 1.54) is 0 Å². The van der Waals surface area contributed by atoms with Gasteiger partial charge in [0.2, 0.25) is 0 Å². The van der Waals surface area contributed by atoms with E-state index < -0.39 is 0 Å². The van der Waals surface area contributed by atoms with Crippen LogP contribution >= 0.6 is 23.2 Å². The van der Waals surface area contributed by atoms with Crippen molar-refractivity contribution in [1.29, 1.82) is 0 Å². The number of hydrogen-bond acceptors (Lipinski definition) is 2. The summed E-state index contributed by atoms with van der Waals surface area (Å²) in [6.45, 7) is 0. The standard InChI is InChI=1S/C16H11Cl2NO2/c1-21-14-4-2-3-13-15(14)11(8-19-13)16(20)10-6-5-9(17)7-12(10)18/h2-8,19H,1H3. The number of methoxy groups -OCH3 is 1. The first-order chi connectivity index (χ1) is 10.1. The zero-order chi connectivity index (χ0) is 15.0. The predicted octanol–water partition coefficient (Wildman–Crippen LogP) is 4.71. The maximum absolute atomic E-state index is 12.7. The number of rotatable bonds is 3. The van der Waals surface area contributed by atoms with Gasteiger partial charge in [0.1, 0.15) is 5.75 Å². The maximum Gasteiger partial charge on any atom is 0.196 e. The fraction of sp³-hybridized carbons (Fsp3) is 0.0625. The molecule has 1 aromatic heterocycles. The van der Waals surface area contributed by atoms with Crippen molar-refractivity contribution in [3.63, 3.8) is 0 Å². The summed E-state index contributed by atoms with van der Waals surface area (Å²) < 4.78 is 5.34. The average molecular weight is 320 g/mol. The second-order valence-electron chi connectivity index (χ2n) is 4.54. The molecule has 0 aliphatic heterocycles. The van der Waals surface area contributed by atoms with Gasteiger partial charge in [0.25, 0.3) is 0 Å². The van der Waals surface area contributed by atoms with Crippen molar-refractivity contribution in [2.24, 2.45) is 0 Å². The number of halogens is 2. The van der Waals surface area contributed by atoms with E-state index in [0.29, 0.717) is 26.9 Å². The number of ketones is 1. The number of hydrogen-bond donors (Lipinski definition) is 1. The summed E-state index contributed by atoms with van der Waals surface area (Å²) in [5.41, 5.74) is 1.77. The molecule has 1 N–H and O–H groups in total. The van der Waals surface area contributed by atoms with Crippen LogP contribution in [-0.4, -0.2) is 17.9 Å². The van der Waals surface area contributed by atoms with Gasteiger partial charge in [-0.25, -0.2) is 0 Å². The number of nitrogens with one attached hydrogen (secondary N) is 1. The number of H-pyrrole nitrogens is 1. The third kappa shape index (κ3) is 2.39. The van der Waals surface area contributed by atoms with Crippen molar-refractivity contribution in [2.45, 2.75) is 0 Å². The van der Waals surface area contributed by atoms with Crippen LogP contribution in [0.4, 0.5) is 0 Å². The van der Waals surface area contributed by atoms with Crippen molar-refractivity contribution < 1.29 is 9.53 Å². The van der Waals surface area contributed by atoms with Gasteiger partial charge in [0.05, 0.1) is 23.1 Å². The molecule has 0 unspecified atom stereocenters. The van der Waals surface area contributed by atoms with Gasteiger partial charge in [-0.2, -0.15) is 0 Å². The molecule has 0 amide bonds. The van der Waals surface area contributed by atoms with Gasteiger partial charge >= 0.3 is 0 Å². The summed E-state index contributed by atoms with van der Waals surface area (Å²) in [5.74, 6) is 0.467. The van der Waals surface area contributed by atoms with E-state index in [2.05, 4.69) is 4.98 Å². The number of carbonyl (C=O) groups is 1. The van der Waals surface area contributed by atoms with E-state index in [0.717, 1.165) is 10.9 Å². The first-order valence-corrected chi connectivity index (χ1v) is 7.01. The quantitative estimate of drug-likeness (QED) is 0.710. The summed E-state index contributed by atoms with van der Waals surface area (Å²) >= 11 is 12.0. The molecule has 3 rings (SSSR count). The van der Waals surface area contributed by atoms with Gasteiger partial charge < -0.3 is 9.72 Å². The van der Waals surface area contributed by atoms with Crippen molar-refractivity contribution in [2.75, 3.05) is 7.11 Å². The van der Waals surface area contributed by atoms with E-state index in [4.69, 9.17) is 27.9 Å². The van der Waals surface area contributed by atoms with E-state index in [1.54, 1.807) is 31.5 Å². The summed E-state index contributed by atoms with van der Waals surface area (Å²) in [7, 11) is 1.57. The molecule has 0 saturated heterocycles. The summed E-state index contributed by atoms with van der Waals surface area (Å²) in [4.78, 5) is 15.8. The lowest BCUT2D eigenvalue weighted by molar-refractivity contribution is 0.104. The molecule has 3 nitrogen and oxygen atoms in total. The number of benzene rings is 2. The topological polar surface area (TPSA) is 42.1 Å². The second-order valence-corrected chi connectivity index (χ2v) is 5.38. The molecule has 106 valence electrons. The fourth-order valence-corrected chi connectivity index (χ4v) is 2.81. The zero-order valence-corrected chi connectivity index (χ0v) is 12.6. The van der Waals surface area contributed by atoms with Crippen molar-refractivity contribution >= 4 is 39.9 Å². The Bertz CT molecular complexity index is 839. The normalized spacial score (nSPS) is 10.8. The number of fused-ring (bicyclic) bond motifs is 1. The molecule has 0 bridgehead atoms. The molecule has 3 aromatic rings. The van der Waals surface area contributed by atoms with Gasteiger partial charge in [-0.15, -0.1) is 0 Å². The average Bonchev–Trinajstić information content (AvgIpc) is 2.90. The predicted molar refractivity (Wildman–Crippen MR) is 84.7 cm³/mol. The van der Waals surface area contributed by atoms with Crippen molar-refractivity contribution in [3.05, 3.63) is 63.8 Å². The third-order valence-corrected chi connectivity index (χ3v) is 3.86. The fourth-order valence-electron chi connectivity index (χ4n) is 2.32. The molecule has 0 aliphatic carbocycles. The molecule has 0 saturated carbocycles. The molecule has 1 heterocycles. The molecule has 2 aromatic carbocycles. The van der Waals surface area contributed by atoms with Crippen LogP contribution in [0.15, 0.2) is 42.6 Å². The maximum atomic E-state index is 12.7. The third-order valence-electron chi connectivity index (χ3n) is 3.31. The summed E-state index contributed by atoms with van der Waals surface area (Å²) in [5, 5.41) is 1.57. The first-order valence-electron chi connectivity index (χ1n) is 6.25. The highest BCUT2D eigenvalue weighted by atomic mass is 35.5. The molecule has 0 atom stereocenters. The largest absolute Gasteiger partial charge is 0.496 e. The Morgan fingerprint density at radius 2 is 1.95 bits per heavy atom. The highest BCUT2D eigenvalue weighted by Gasteiger charge is 2.19. The SMILES string of the molecule is COc1cccc2[nH]cc(C(=O)c3ccc(Cl)cc3Cl)c12. The Balaban J connectivity index is 2.18. The van der Waals surface area contributed by atoms with Crippen LogP contribution in [0.1, 0.15) is 15.9 Å². The molecule has 0 aliphatic rings. The van der Waals surface area contributed by atoms with Crippen LogP contribution in [0.5, 0.6) is 5.75 Å². The van der Waals surface area contributed by atoms with Crippen LogP contribution in [0.25, 0.3) is 10.9 Å². The monoisotopic (exact) mass is 319 g/mol. The molecule has 0 radical (unpaired) electrons. The minimum atomic E-state index is -0.174. The Morgan fingerprint density at radius 1 is 1.14 bits per heavy atom. The van der Waals surface area contributed by atoms with Gasteiger partial charge in [-0.3, -0.25) is 4.79 Å². The highest BCUT2D eigenvalue weighted by molar-refractivity contribution is 6.38. The van der Waals surface area contributed by atoms with Gasteiger partial charge in [-0.05, 0) is 30.3 Å². The Hall–Kier alpha value is -1.97. The molecular formula is C16H11Cl2NO2. The number of ether oxygens (including phenoxy) is 1. The van der Waals surface area contributed by atoms with Crippen LogP contribution < -0.4 is 4.74 Å². The van der Waals surface area contributed by atoms with E-state index >= 15 is 0 Å². The molecular weight excluding hydrogens is 309 g/mol.